The minimum absolute atomic E-state index is 0.0411. The predicted octanol–water partition coefficient (Wildman–Crippen LogP) is 13.8. The van der Waals surface area contributed by atoms with Crippen LogP contribution in [0, 0.1) is 5.92 Å². The highest BCUT2D eigenvalue weighted by Gasteiger charge is 2.48. The highest BCUT2D eigenvalue weighted by atomic mass is 15.2. The molecule has 0 N–H and O–H groups in total. The van der Waals surface area contributed by atoms with Crippen LogP contribution in [0.25, 0.3) is 88.2 Å². The Labute approximate surface area is 321 Å². The van der Waals surface area contributed by atoms with E-state index in [-0.39, 0.29) is 5.41 Å². The van der Waals surface area contributed by atoms with Crippen molar-refractivity contribution in [3.8, 4) is 28.3 Å². The van der Waals surface area contributed by atoms with Crippen molar-refractivity contribution in [2.75, 3.05) is 0 Å². The molecule has 2 aliphatic rings. The number of hydrogen-bond donors (Lipinski definition) is 0. The van der Waals surface area contributed by atoms with Crippen LogP contribution >= 0.6 is 0 Å². The maximum atomic E-state index is 5.48. The van der Waals surface area contributed by atoms with Crippen molar-refractivity contribution in [1.82, 2.24) is 14.5 Å². The summed E-state index contributed by atoms with van der Waals surface area (Å²) in [4.78, 5) is 11.0. The van der Waals surface area contributed by atoms with E-state index < -0.39 is 0 Å². The molecule has 1 fully saturated rings. The van der Waals surface area contributed by atoms with E-state index in [4.69, 9.17) is 16.5 Å². The number of nitrogens with zero attached hydrogens (tertiary/aromatic N) is 3. The van der Waals surface area contributed by atoms with Gasteiger partial charge in [-0.1, -0.05) is 148 Å². The molecular formula is C52H41N3. The lowest BCUT2D eigenvalue weighted by Crippen LogP contribution is -2.35. The minimum atomic E-state index is 0.0411. The zero-order valence-corrected chi connectivity index (χ0v) is 31.3. The van der Waals surface area contributed by atoms with Gasteiger partial charge in [-0.2, -0.15) is 0 Å². The lowest BCUT2D eigenvalue weighted by molar-refractivity contribution is 0.250. The Morgan fingerprint density at radius 1 is 0.655 bits per heavy atom. The molecular weight excluding hydrogens is 667 g/mol. The van der Waals surface area contributed by atoms with Gasteiger partial charge in [0.05, 0.1) is 22.2 Å². The molecule has 0 saturated heterocycles. The van der Waals surface area contributed by atoms with Crippen LogP contribution in [0.15, 0.2) is 158 Å². The van der Waals surface area contributed by atoms with Crippen LogP contribution in [0.5, 0.6) is 0 Å². The first kappa shape index (κ1) is 32.1. The lowest BCUT2D eigenvalue weighted by Gasteiger charge is -2.41. The molecule has 2 unspecified atom stereocenters. The van der Waals surface area contributed by atoms with E-state index in [1.807, 2.05) is 0 Å². The summed E-state index contributed by atoms with van der Waals surface area (Å²) >= 11 is 0. The maximum absolute atomic E-state index is 5.48. The van der Waals surface area contributed by atoms with Crippen LogP contribution in [0.2, 0.25) is 0 Å². The van der Waals surface area contributed by atoms with Gasteiger partial charge in [0.2, 0.25) is 5.95 Å². The molecule has 0 radical (unpaired) electrons. The van der Waals surface area contributed by atoms with E-state index in [2.05, 4.69) is 164 Å². The van der Waals surface area contributed by atoms with Gasteiger partial charge in [0, 0.05) is 32.5 Å². The van der Waals surface area contributed by atoms with E-state index in [0.717, 1.165) is 38.6 Å². The van der Waals surface area contributed by atoms with E-state index >= 15 is 0 Å². The number of rotatable bonds is 3. The number of allylic oxidation sites excluding steroid dienone is 3. The molecule has 0 amide bonds. The SMILES string of the molecule is C=C1/C(=C\C)c2cc(-c3ccc4c5c6ccccc6ccc5n(-c5nc(-c6ccccc6)c6ccc7ccccc7c6n5)c4c3)ccc2C12CCCCC2C. The molecule has 9 aromatic rings. The molecule has 1 spiro atoms. The Bertz CT molecular complexity index is 3090. The quantitative estimate of drug-likeness (QED) is 0.171. The highest BCUT2D eigenvalue weighted by molar-refractivity contribution is 6.22. The summed E-state index contributed by atoms with van der Waals surface area (Å²) in [6.45, 7) is 9.39. The van der Waals surface area contributed by atoms with E-state index in [1.54, 1.807) is 0 Å². The summed E-state index contributed by atoms with van der Waals surface area (Å²) in [6, 6.07) is 50.8. The fraction of sp³-hybridized carbons (Fsp3) is 0.154. The summed E-state index contributed by atoms with van der Waals surface area (Å²) < 4.78 is 2.31. The lowest BCUT2D eigenvalue weighted by atomic mass is 9.62. The average Bonchev–Trinajstić information content (AvgIpc) is 3.70. The molecule has 2 aromatic heterocycles. The fourth-order valence-electron chi connectivity index (χ4n) is 10.4. The standard InChI is InChI=1S/C52H41N3/c1-4-39-33(3)52(29-13-12-14-32(52)2)45-27-23-37(30-44(39)45)38-22-25-42-47(31-38)55(46-28-24-34-15-8-10-19-40(34)48(42)46)51-53-49(36-17-6-5-7-18-36)43-26-21-35-16-9-11-20-41(35)50(43)54-51/h4-11,15-28,30-32H,3,12-14,29H2,1-2H3/b39-4+. The normalized spacial score (nSPS) is 19.1. The summed E-state index contributed by atoms with van der Waals surface area (Å²) in [5, 5.41) is 8.19. The largest absolute Gasteiger partial charge is 0.278 e. The Morgan fingerprint density at radius 2 is 1.36 bits per heavy atom. The summed E-state index contributed by atoms with van der Waals surface area (Å²) in [7, 11) is 0. The van der Waals surface area contributed by atoms with Gasteiger partial charge < -0.3 is 0 Å². The summed E-state index contributed by atoms with van der Waals surface area (Å²) in [5.41, 5.74) is 13.0. The molecule has 264 valence electrons. The summed E-state index contributed by atoms with van der Waals surface area (Å²) in [5.74, 6) is 1.25. The van der Waals surface area contributed by atoms with E-state index in [9.17, 15) is 0 Å². The molecule has 3 nitrogen and oxygen atoms in total. The second-order valence-corrected chi connectivity index (χ2v) is 15.7. The van der Waals surface area contributed by atoms with Crippen LogP contribution in [0.4, 0.5) is 0 Å². The van der Waals surface area contributed by atoms with Crippen molar-refractivity contribution in [2.24, 2.45) is 5.92 Å². The first-order chi connectivity index (χ1) is 27.0. The van der Waals surface area contributed by atoms with Crippen molar-refractivity contribution >= 4 is 59.8 Å². The molecule has 7 aromatic carbocycles. The van der Waals surface area contributed by atoms with E-state index in [0.29, 0.717) is 11.9 Å². The van der Waals surface area contributed by atoms with Gasteiger partial charge in [-0.3, -0.25) is 4.57 Å². The Hall–Kier alpha value is -6.32. The monoisotopic (exact) mass is 707 g/mol. The number of hydrogen-bond acceptors (Lipinski definition) is 2. The molecule has 2 aliphatic carbocycles. The van der Waals surface area contributed by atoms with Gasteiger partial charge in [-0.15, -0.1) is 0 Å². The zero-order valence-electron chi connectivity index (χ0n) is 31.3. The molecule has 2 atom stereocenters. The van der Waals surface area contributed by atoms with Crippen molar-refractivity contribution < 1.29 is 0 Å². The van der Waals surface area contributed by atoms with Gasteiger partial charge in [0.1, 0.15) is 0 Å². The summed E-state index contributed by atoms with van der Waals surface area (Å²) in [6.07, 6.45) is 7.30. The van der Waals surface area contributed by atoms with Gasteiger partial charge in [0.25, 0.3) is 0 Å². The molecule has 1 saturated carbocycles. The van der Waals surface area contributed by atoms with Crippen LogP contribution in [0.1, 0.15) is 50.7 Å². The van der Waals surface area contributed by atoms with Crippen LogP contribution in [-0.4, -0.2) is 14.5 Å². The second-order valence-electron chi connectivity index (χ2n) is 15.7. The van der Waals surface area contributed by atoms with Crippen molar-refractivity contribution in [1.29, 1.82) is 0 Å². The molecule has 11 rings (SSSR count). The molecule has 3 heteroatoms. The molecule has 2 heterocycles. The van der Waals surface area contributed by atoms with Crippen LogP contribution < -0.4 is 0 Å². The van der Waals surface area contributed by atoms with Crippen molar-refractivity contribution in [3.63, 3.8) is 0 Å². The van der Waals surface area contributed by atoms with Crippen molar-refractivity contribution in [3.05, 3.63) is 169 Å². The number of fused-ring (bicyclic) bond motifs is 10. The maximum Gasteiger partial charge on any atom is 0.235 e. The smallest absolute Gasteiger partial charge is 0.235 e. The Morgan fingerprint density at radius 3 is 2.18 bits per heavy atom. The second kappa shape index (κ2) is 12.1. The topological polar surface area (TPSA) is 30.7 Å². The highest BCUT2D eigenvalue weighted by Crippen LogP contribution is 2.59. The number of aromatic nitrogens is 3. The van der Waals surface area contributed by atoms with Crippen LogP contribution in [0.3, 0.4) is 0 Å². The predicted molar refractivity (Wildman–Crippen MR) is 232 cm³/mol. The number of benzene rings is 7. The van der Waals surface area contributed by atoms with Gasteiger partial charge in [0.15, 0.2) is 0 Å². The molecule has 55 heavy (non-hydrogen) atoms. The molecule has 0 bridgehead atoms. The van der Waals surface area contributed by atoms with Gasteiger partial charge in [-0.05, 0) is 99.5 Å². The van der Waals surface area contributed by atoms with E-state index in [1.165, 1.54) is 86.0 Å². The zero-order chi connectivity index (χ0) is 36.8. The fourth-order valence-corrected chi connectivity index (χ4v) is 10.4. The van der Waals surface area contributed by atoms with Crippen LogP contribution in [-0.2, 0) is 5.41 Å². The molecule has 0 aliphatic heterocycles. The third kappa shape index (κ3) is 4.56. The third-order valence-corrected chi connectivity index (χ3v) is 13.1. The Kier molecular flexibility index (Phi) is 7.07. The van der Waals surface area contributed by atoms with Crippen molar-refractivity contribution in [2.45, 2.75) is 44.9 Å². The third-order valence-electron chi connectivity index (χ3n) is 13.1. The first-order valence-electron chi connectivity index (χ1n) is 19.8. The van der Waals surface area contributed by atoms with Gasteiger partial charge >= 0.3 is 0 Å². The minimum Gasteiger partial charge on any atom is -0.278 e. The van der Waals surface area contributed by atoms with Gasteiger partial charge in [-0.25, -0.2) is 9.97 Å². The Balaban J connectivity index is 1.20. The first-order valence-corrected chi connectivity index (χ1v) is 19.8. The average molecular weight is 708 g/mol.